The molecule has 3 rings (SSSR count). The molecular weight excluding hydrogens is 266 g/mol. The summed E-state index contributed by atoms with van der Waals surface area (Å²) in [5, 5.41) is 6.31. The van der Waals surface area contributed by atoms with Gasteiger partial charge in [0.05, 0.1) is 18.9 Å². The molecule has 108 valence electrons. The van der Waals surface area contributed by atoms with Crippen LogP contribution >= 0.6 is 0 Å². The molecule has 0 spiro atoms. The number of aliphatic imine (C=N–C) groups is 1. The van der Waals surface area contributed by atoms with E-state index in [1.54, 1.807) is 12.4 Å². The van der Waals surface area contributed by atoms with E-state index in [-0.39, 0.29) is 0 Å². The van der Waals surface area contributed by atoms with Gasteiger partial charge in [-0.3, -0.25) is 9.98 Å². The Kier molecular flexibility index (Phi) is 3.95. The fourth-order valence-electron chi connectivity index (χ4n) is 1.96. The summed E-state index contributed by atoms with van der Waals surface area (Å²) in [5.41, 5.74) is 1.09. The molecule has 1 aliphatic rings. The van der Waals surface area contributed by atoms with E-state index < -0.39 is 0 Å². The lowest BCUT2D eigenvalue weighted by Gasteiger charge is -2.09. The van der Waals surface area contributed by atoms with E-state index in [0.717, 1.165) is 18.1 Å². The molecule has 0 radical (unpaired) electrons. The van der Waals surface area contributed by atoms with Gasteiger partial charge >= 0.3 is 0 Å². The standard InChI is InChI=1S/C15H17N5O/c1-11-7-17-15(18-11)20-13-8-16-9-14(19-13)21-10-12-5-3-2-4-6-12/h2-6,8-9,11H,7,10H2,1H3,(H2,17,18,19,20). The minimum atomic E-state index is 0.345. The lowest BCUT2D eigenvalue weighted by atomic mass is 10.2. The fraction of sp³-hybridized carbons (Fsp3) is 0.267. The highest BCUT2D eigenvalue weighted by Gasteiger charge is 2.13. The lowest BCUT2D eigenvalue weighted by molar-refractivity contribution is 0.293. The van der Waals surface area contributed by atoms with E-state index in [2.05, 4.69) is 32.5 Å². The van der Waals surface area contributed by atoms with Crippen LogP contribution < -0.4 is 15.4 Å². The maximum absolute atomic E-state index is 5.64. The maximum Gasteiger partial charge on any atom is 0.234 e. The van der Waals surface area contributed by atoms with Crippen LogP contribution in [-0.2, 0) is 6.61 Å². The topological polar surface area (TPSA) is 71.4 Å². The van der Waals surface area contributed by atoms with E-state index in [1.165, 1.54) is 0 Å². The van der Waals surface area contributed by atoms with Crippen molar-refractivity contribution in [3.05, 3.63) is 48.3 Å². The van der Waals surface area contributed by atoms with Gasteiger partial charge in [0.25, 0.3) is 0 Å². The second-order valence-electron chi connectivity index (χ2n) is 4.88. The number of guanidine groups is 1. The Morgan fingerprint density at radius 3 is 2.90 bits per heavy atom. The van der Waals surface area contributed by atoms with Crippen molar-refractivity contribution in [2.75, 3.05) is 11.9 Å². The average Bonchev–Trinajstić information content (AvgIpc) is 2.92. The molecule has 1 unspecified atom stereocenters. The van der Waals surface area contributed by atoms with Gasteiger partial charge in [0, 0.05) is 6.04 Å². The number of nitrogens with zero attached hydrogens (tertiary/aromatic N) is 3. The number of ether oxygens (including phenoxy) is 1. The molecule has 0 saturated heterocycles. The normalized spacial score (nSPS) is 17.0. The summed E-state index contributed by atoms with van der Waals surface area (Å²) in [6, 6.07) is 10.3. The van der Waals surface area contributed by atoms with Crippen molar-refractivity contribution in [3.8, 4) is 5.88 Å². The number of anilines is 1. The van der Waals surface area contributed by atoms with Gasteiger partial charge < -0.3 is 15.4 Å². The van der Waals surface area contributed by atoms with E-state index in [0.29, 0.717) is 24.3 Å². The summed E-state index contributed by atoms with van der Waals surface area (Å²) >= 11 is 0. The zero-order valence-corrected chi connectivity index (χ0v) is 11.8. The molecule has 6 nitrogen and oxygen atoms in total. The molecular formula is C15H17N5O. The van der Waals surface area contributed by atoms with Gasteiger partial charge in [-0.2, -0.15) is 4.98 Å². The molecule has 0 fully saturated rings. The van der Waals surface area contributed by atoms with Gasteiger partial charge in [-0.1, -0.05) is 30.3 Å². The Morgan fingerprint density at radius 1 is 1.29 bits per heavy atom. The summed E-state index contributed by atoms with van der Waals surface area (Å²) in [4.78, 5) is 12.8. The second-order valence-corrected chi connectivity index (χ2v) is 4.88. The zero-order valence-electron chi connectivity index (χ0n) is 11.8. The van der Waals surface area contributed by atoms with Crippen LogP contribution in [-0.4, -0.2) is 28.5 Å². The Balaban J connectivity index is 1.61. The number of aromatic nitrogens is 2. The van der Waals surface area contributed by atoms with Crippen molar-refractivity contribution in [1.29, 1.82) is 0 Å². The first kappa shape index (κ1) is 13.4. The van der Waals surface area contributed by atoms with Gasteiger partial charge in [-0.05, 0) is 12.5 Å². The van der Waals surface area contributed by atoms with Crippen LogP contribution in [0.25, 0.3) is 0 Å². The molecule has 2 heterocycles. The minimum Gasteiger partial charge on any atom is -0.472 e. The quantitative estimate of drug-likeness (QED) is 0.895. The summed E-state index contributed by atoms with van der Waals surface area (Å²) in [6.07, 6.45) is 3.24. The number of benzene rings is 1. The zero-order chi connectivity index (χ0) is 14.5. The Hall–Kier alpha value is -2.63. The molecule has 21 heavy (non-hydrogen) atoms. The first-order valence-corrected chi connectivity index (χ1v) is 6.86. The predicted molar refractivity (Wildman–Crippen MR) is 81.3 cm³/mol. The molecule has 0 bridgehead atoms. The van der Waals surface area contributed by atoms with Crippen LogP contribution in [0.3, 0.4) is 0 Å². The third-order valence-electron chi connectivity index (χ3n) is 2.99. The lowest BCUT2D eigenvalue weighted by Crippen LogP contribution is -2.32. The molecule has 1 aromatic heterocycles. The predicted octanol–water partition coefficient (Wildman–Crippen LogP) is 1.82. The number of nitrogens with one attached hydrogen (secondary N) is 2. The largest absolute Gasteiger partial charge is 0.472 e. The Labute approximate surface area is 123 Å². The molecule has 0 amide bonds. The summed E-state index contributed by atoms with van der Waals surface area (Å²) in [7, 11) is 0. The van der Waals surface area contributed by atoms with E-state index in [1.807, 2.05) is 30.3 Å². The van der Waals surface area contributed by atoms with Crippen molar-refractivity contribution < 1.29 is 4.74 Å². The Bertz CT molecular complexity index is 629. The van der Waals surface area contributed by atoms with Gasteiger partial charge in [-0.25, -0.2) is 0 Å². The third-order valence-corrected chi connectivity index (χ3v) is 2.99. The molecule has 1 aliphatic heterocycles. The highest BCUT2D eigenvalue weighted by molar-refractivity contribution is 5.94. The number of hydrogen-bond donors (Lipinski definition) is 2. The fourth-order valence-corrected chi connectivity index (χ4v) is 1.96. The third kappa shape index (κ3) is 3.68. The number of rotatable bonds is 4. The molecule has 0 aliphatic carbocycles. The molecule has 1 aromatic carbocycles. The van der Waals surface area contributed by atoms with Crippen LogP contribution in [0.15, 0.2) is 47.7 Å². The summed E-state index contributed by atoms with van der Waals surface area (Å²) in [5.74, 6) is 1.81. The average molecular weight is 283 g/mol. The van der Waals surface area contributed by atoms with Crippen LogP contribution in [0.4, 0.5) is 5.82 Å². The molecule has 1 atom stereocenters. The van der Waals surface area contributed by atoms with Crippen molar-refractivity contribution in [2.45, 2.75) is 19.6 Å². The SMILES string of the molecule is CC1CN=C(Nc2cncc(OCc3ccccc3)n2)N1. The van der Waals surface area contributed by atoms with Crippen LogP contribution in [0.1, 0.15) is 12.5 Å². The number of hydrogen-bond acceptors (Lipinski definition) is 6. The molecule has 2 aromatic rings. The maximum atomic E-state index is 5.64. The summed E-state index contributed by atoms with van der Waals surface area (Å²) < 4.78 is 5.64. The van der Waals surface area contributed by atoms with Crippen molar-refractivity contribution >= 4 is 11.8 Å². The van der Waals surface area contributed by atoms with Gasteiger partial charge in [0.1, 0.15) is 6.61 Å². The highest BCUT2D eigenvalue weighted by atomic mass is 16.5. The minimum absolute atomic E-state index is 0.345. The van der Waals surface area contributed by atoms with Crippen molar-refractivity contribution in [2.24, 2.45) is 4.99 Å². The van der Waals surface area contributed by atoms with Crippen LogP contribution in [0.5, 0.6) is 5.88 Å². The molecule has 6 heteroatoms. The molecule has 0 saturated carbocycles. The van der Waals surface area contributed by atoms with E-state index >= 15 is 0 Å². The van der Waals surface area contributed by atoms with Crippen molar-refractivity contribution in [1.82, 2.24) is 15.3 Å². The Morgan fingerprint density at radius 2 is 2.14 bits per heavy atom. The summed E-state index contributed by atoms with van der Waals surface area (Å²) in [6.45, 7) is 3.30. The van der Waals surface area contributed by atoms with Crippen LogP contribution in [0.2, 0.25) is 0 Å². The smallest absolute Gasteiger partial charge is 0.234 e. The monoisotopic (exact) mass is 283 g/mol. The first-order valence-electron chi connectivity index (χ1n) is 6.86. The van der Waals surface area contributed by atoms with Gasteiger partial charge in [0.2, 0.25) is 5.88 Å². The van der Waals surface area contributed by atoms with Gasteiger partial charge in [-0.15, -0.1) is 0 Å². The van der Waals surface area contributed by atoms with E-state index in [9.17, 15) is 0 Å². The van der Waals surface area contributed by atoms with Crippen LogP contribution in [0, 0.1) is 0 Å². The highest BCUT2D eigenvalue weighted by Crippen LogP contribution is 2.12. The van der Waals surface area contributed by atoms with Crippen molar-refractivity contribution in [3.63, 3.8) is 0 Å². The first-order chi connectivity index (χ1) is 10.3. The second kappa shape index (κ2) is 6.21. The van der Waals surface area contributed by atoms with Gasteiger partial charge in [0.15, 0.2) is 11.8 Å². The van der Waals surface area contributed by atoms with E-state index in [4.69, 9.17) is 4.74 Å². The molecule has 2 N–H and O–H groups in total.